The Hall–Kier alpha value is -3.25. The first-order valence-electron chi connectivity index (χ1n) is 9.32. The highest BCUT2D eigenvalue weighted by molar-refractivity contribution is 5.91. The number of amides is 1. The Morgan fingerprint density at radius 1 is 0.821 bits per heavy atom. The first-order chi connectivity index (χ1) is 13.8. The minimum Gasteiger partial charge on any atom is -0.430 e. The molecule has 0 atom stereocenters. The molecular weight excluding hydrogens is 354 g/mol. The quantitative estimate of drug-likeness (QED) is 0.626. The minimum absolute atomic E-state index is 0.0739. The van der Waals surface area contributed by atoms with Gasteiger partial charge in [0.25, 0.3) is 11.8 Å². The van der Waals surface area contributed by atoms with Crippen LogP contribution in [0.2, 0.25) is 0 Å². The molecule has 0 aliphatic carbocycles. The van der Waals surface area contributed by atoms with Gasteiger partial charge in [-0.3, -0.25) is 9.69 Å². The maximum absolute atomic E-state index is 12.6. The lowest BCUT2D eigenvalue weighted by Gasteiger charge is -2.39. The molecule has 1 amide bonds. The summed E-state index contributed by atoms with van der Waals surface area (Å²) in [6, 6.07) is 23.9. The fourth-order valence-corrected chi connectivity index (χ4v) is 3.72. The zero-order valence-corrected chi connectivity index (χ0v) is 15.4. The summed E-state index contributed by atoms with van der Waals surface area (Å²) in [5, 5.41) is 2.73. The lowest BCUT2D eigenvalue weighted by Crippen LogP contribution is -2.49. The lowest BCUT2D eigenvalue weighted by molar-refractivity contribution is 0.0568. The van der Waals surface area contributed by atoms with Gasteiger partial charge in [0.15, 0.2) is 5.76 Å². The Morgan fingerprint density at radius 2 is 1.39 bits per heavy atom. The van der Waals surface area contributed by atoms with Crippen molar-refractivity contribution in [3.8, 4) is 0 Å². The number of nitroso groups, excluding NO2 is 1. The second-order valence-corrected chi connectivity index (χ2v) is 6.78. The smallest absolute Gasteiger partial charge is 0.289 e. The molecule has 1 fully saturated rings. The van der Waals surface area contributed by atoms with Gasteiger partial charge in [-0.25, -0.2) is 0 Å². The number of hydrogen-bond acceptors (Lipinski definition) is 5. The summed E-state index contributed by atoms with van der Waals surface area (Å²) in [5.41, 5.74) is 2.47. The van der Waals surface area contributed by atoms with Crippen LogP contribution in [-0.2, 0) is 0 Å². The van der Waals surface area contributed by atoms with E-state index in [1.165, 1.54) is 23.3 Å². The summed E-state index contributed by atoms with van der Waals surface area (Å²) in [7, 11) is 0. The van der Waals surface area contributed by atoms with Crippen LogP contribution < -0.4 is 0 Å². The molecule has 0 bridgehead atoms. The SMILES string of the molecule is O=Nc1ccc(C(=O)N2CCN(C(c3ccccc3)c3ccccc3)CC2)o1. The third-order valence-corrected chi connectivity index (χ3v) is 5.09. The van der Waals surface area contributed by atoms with Gasteiger partial charge in [0, 0.05) is 37.4 Å². The van der Waals surface area contributed by atoms with Crippen molar-refractivity contribution >= 4 is 11.8 Å². The molecule has 0 N–H and O–H groups in total. The van der Waals surface area contributed by atoms with E-state index < -0.39 is 0 Å². The normalized spacial score (nSPS) is 15.0. The van der Waals surface area contributed by atoms with Crippen LogP contribution in [0.3, 0.4) is 0 Å². The van der Waals surface area contributed by atoms with Crippen molar-refractivity contribution in [2.24, 2.45) is 5.18 Å². The van der Waals surface area contributed by atoms with Gasteiger partial charge in [-0.15, -0.1) is 4.91 Å². The maximum atomic E-state index is 12.6. The maximum Gasteiger partial charge on any atom is 0.289 e. The van der Waals surface area contributed by atoms with Crippen LogP contribution in [0.4, 0.5) is 5.88 Å². The van der Waals surface area contributed by atoms with Crippen LogP contribution in [0, 0.1) is 4.91 Å². The van der Waals surface area contributed by atoms with Crippen molar-refractivity contribution in [2.45, 2.75) is 6.04 Å². The first-order valence-corrected chi connectivity index (χ1v) is 9.32. The van der Waals surface area contributed by atoms with E-state index >= 15 is 0 Å². The highest BCUT2D eigenvalue weighted by atomic mass is 16.4. The first kappa shape index (κ1) is 18.1. The van der Waals surface area contributed by atoms with Gasteiger partial charge in [0.05, 0.1) is 6.04 Å². The molecule has 6 nitrogen and oxygen atoms in total. The zero-order valence-electron chi connectivity index (χ0n) is 15.4. The zero-order chi connectivity index (χ0) is 19.3. The summed E-state index contributed by atoms with van der Waals surface area (Å²) in [6.07, 6.45) is 0. The molecule has 142 valence electrons. The number of rotatable bonds is 5. The molecule has 2 heterocycles. The molecule has 0 saturated carbocycles. The molecule has 6 heteroatoms. The average molecular weight is 375 g/mol. The van der Waals surface area contributed by atoms with Crippen molar-refractivity contribution in [1.82, 2.24) is 9.80 Å². The van der Waals surface area contributed by atoms with Crippen molar-refractivity contribution in [3.05, 3.63) is 94.6 Å². The summed E-state index contributed by atoms with van der Waals surface area (Å²) in [5.74, 6) is -0.119. The fourth-order valence-electron chi connectivity index (χ4n) is 3.72. The Balaban J connectivity index is 1.50. The van der Waals surface area contributed by atoms with Crippen LogP contribution in [-0.4, -0.2) is 41.9 Å². The number of piperazine rings is 1. The molecule has 3 aromatic rings. The number of nitrogens with zero attached hydrogens (tertiary/aromatic N) is 3. The second-order valence-electron chi connectivity index (χ2n) is 6.78. The fraction of sp³-hybridized carbons (Fsp3) is 0.227. The molecule has 2 aromatic carbocycles. The van der Waals surface area contributed by atoms with Crippen LogP contribution in [0.15, 0.2) is 82.4 Å². The number of benzene rings is 2. The minimum atomic E-state index is -0.203. The van der Waals surface area contributed by atoms with Crippen LogP contribution in [0.25, 0.3) is 0 Å². The van der Waals surface area contributed by atoms with Crippen molar-refractivity contribution in [3.63, 3.8) is 0 Å². The number of hydrogen-bond donors (Lipinski definition) is 0. The molecule has 1 aromatic heterocycles. The molecular formula is C22H21N3O3. The van der Waals surface area contributed by atoms with E-state index in [-0.39, 0.29) is 23.6 Å². The summed E-state index contributed by atoms with van der Waals surface area (Å²) in [4.78, 5) is 27.3. The number of furan rings is 1. The van der Waals surface area contributed by atoms with Gasteiger partial charge in [0.1, 0.15) is 0 Å². The predicted molar refractivity (Wildman–Crippen MR) is 106 cm³/mol. The molecule has 0 unspecified atom stereocenters. The van der Waals surface area contributed by atoms with E-state index in [1.807, 2.05) is 12.1 Å². The summed E-state index contributed by atoms with van der Waals surface area (Å²) < 4.78 is 5.18. The Morgan fingerprint density at radius 3 is 1.89 bits per heavy atom. The van der Waals surface area contributed by atoms with Gasteiger partial charge in [0.2, 0.25) is 0 Å². The molecule has 1 aliphatic heterocycles. The van der Waals surface area contributed by atoms with Crippen LogP contribution in [0.1, 0.15) is 27.7 Å². The van der Waals surface area contributed by atoms with E-state index in [1.54, 1.807) is 4.90 Å². The Bertz CT molecular complexity index is 892. The van der Waals surface area contributed by atoms with E-state index in [9.17, 15) is 9.70 Å². The van der Waals surface area contributed by atoms with Gasteiger partial charge in [-0.05, 0) is 17.2 Å². The van der Waals surface area contributed by atoms with E-state index in [2.05, 4.69) is 58.6 Å². The van der Waals surface area contributed by atoms with E-state index in [0.29, 0.717) is 13.1 Å². The van der Waals surface area contributed by atoms with Crippen LogP contribution in [0.5, 0.6) is 0 Å². The largest absolute Gasteiger partial charge is 0.430 e. The number of carbonyl (C=O) groups excluding carboxylic acids is 1. The lowest BCUT2D eigenvalue weighted by atomic mass is 9.96. The predicted octanol–water partition coefficient (Wildman–Crippen LogP) is 4.22. The van der Waals surface area contributed by atoms with Crippen molar-refractivity contribution in [1.29, 1.82) is 0 Å². The highest BCUT2D eigenvalue weighted by Gasteiger charge is 2.29. The average Bonchev–Trinajstić information content (AvgIpc) is 3.25. The van der Waals surface area contributed by atoms with Crippen molar-refractivity contribution < 1.29 is 9.21 Å². The Labute approximate surface area is 163 Å². The third-order valence-electron chi connectivity index (χ3n) is 5.09. The van der Waals surface area contributed by atoms with Gasteiger partial charge >= 0.3 is 0 Å². The number of carbonyl (C=O) groups is 1. The standard InChI is InChI=1S/C22H21N3O3/c26-22(19-11-12-20(23-27)28-19)25-15-13-24(14-16-25)21(17-7-3-1-4-8-17)18-9-5-2-6-10-18/h1-12,21H,13-16H2. The molecule has 1 saturated heterocycles. The topological polar surface area (TPSA) is 66.1 Å². The molecule has 1 aliphatic rings. The third kappa shape index (κ3) is 3.73. The molecule has 28 heavy (non-hydrogen) atoms. The van der Waals surface area contributed by atoms with Crippen molar-refractivity contribution in [2.75, 3.05) is 26.2 Å². The van der Waals surface area contributed by atoms with Gasteiger partial charge in [-0.2, -0.15) is 0 Å². The molecule has 0 radical (unpaired) electrons. The van der Waals surface area contributed by atoms with E-state index in [0.717, 1.165) is 13.1 Å². The second kappa shape index (κ2) is 8.19. The van der Waals surface area contributed by atoms with Crippen LogP contribution >= 0.6 is 0 Å². The Kier molecular flexibility index (Phi) is 5.30. The van der Waals surface area contributed by atoms with E-state index in [4.69, 9.17) is 4.42 Å². The summed E-state index contributed by atoms with van der Waals surface area (Å²) >= 11 is 0. The van der Waals surface area contributed by atoms with Gasteiger partial charge < -0.3 is 9.32 Å². The molecule has 4 rings (SSSR count). The monoisotopic (exact) mass is 375 g/mol. The highest BCUT2D eigenvalue weighted by Crippen LogP contribution is 2.29. The molecule has 0 spiro atoms. The van der Waals surface area contributed by atoms with Gasteiger partial charge in [-0.1, -0.05) is 60.7 Å². The summed E-state index contributed by atoms with van der Waals surface area (Å²) in [6.45, 7) is 2.69.